The third-order valence-corrected chi connectivity index (χ3v) is 23.0. The number of hydrogen-bond donors (Lipinski definition) is 9. The third kappa shape index (κ3) is 20.0. The maximum absolute atomic E-state index is 11.8. The van der Waals surface area contributed by atoms with E-state index in [9.17, 15) is 39.6 Å². The highest BCUT2D eigenvalue weighted by molar-refractivity contribution is 7.78. The molecule has 17 rings (SSSR count). The molecule has 29 nitrogen and oxygen atoms in total. The number of carbonyl (C=O) groups is 3. The number of aliphatic imine (C=N–C) groups is 2. The van der Waals surface area contributed by atoms with E-state index in [1.165, 1.54) is 6.08 Å². The fraction of sp³-hybridized carbons (Fsp3) is 0.283. The second-order valence-electron chi connectivity index (χ2n) is 32.0. The lowest BCUT2D eigenvalue weighted by molar-refractivity contribution is -0.191. The van der Waals surface area contributed by atoms with Gasteiger partial charge in [0.05, 0.1) is 62.4 Å². The van der Waals surface area contributed by atoms with E-state index in [1.54, 1.807) is 12.1 Å². The highest BCUT2D eigenvalue weighted by atomic mass is 32.1. The molecule has 129 heavy (non-hydrogen) atoms. The van der Waals surface area contributed by atoms with Crippen LogP contribution in [-0.4, -0.2) is 113 Å². The molecule has 16 aromatic rings. The van der Waals surface area contributed by atoms with Gasteiger partial charge >= 0.3 is 0 Å². The van der Waals surface area contributed by atoms with Crippen LogP contribution in [0.2, 0.25) is 0 Å². The number of anilines is 4. The van der Waals surface area contributed by atoms with E-state index in [0.29, 0.717) is 89.2 Å². The predicted molar refractivity (Wildman–Crippen MR) is 508 cm³/mol. The van der Waals surface area contributed by atoms with Crippen LogP contribution in [0.1, 0.15) is 171 Å². The van der Waals surface area contributed by atoms with E-state index < -0.39 is 5.91 Å². The summed E-state index contributed by atoms with van der Waals surface area (Å²) >= 11 is 4.69. The summed E-state index contributed by atoms with van der Waals surface area (Å²) in [6.45, 7) is 15.0. The van der Waals surface area contributed by atoms with Crippen LogP contribution < -0.4 is 28.3 Å². The van der Waals surface area contributed by atoms with Crippen molar-refractivity contribution in [3.8, 4) is 35.3 Å². The Morgan fingerprint density at radius 1 is 0.457 bits per heavy atom. The number of pyridine rings is 4. The minimum absolute atomic E-state index is 0.0356. The van der Waals surface area contributed by atoms with Crippen LogP contribution in [0.3, 0.4) is 0 Å². The molecular formula is C99H102N20O9S. The number of phenolic OH excluding ortho intramolecular Hbond substituents is 4. The van der Waals surface area contributed by atoms with E-state index in [1.807, 2.05) is 159 Å². The Morgan fingerprint density at radius 3 is 1.12 bits per heavy atom. The summed E-state index contributed by atoms with van der Waals surface area (Å²) in [5.74, 6) is 6.81. The van der Waals surface area contributed by atoms with Crippen molar-refractivity contribution in [1.82, 2.24) is 68.5 Å². The molecule has 658 valence electrons. The minimum atomic E-state index is -0.522. The van der Waals surface area contributed by atoms with Crippen molar-refractivity contribution in [3.63, 3.8) is 0 Å². The number of carbonyl (C=O) groups excluding carboxylic acids is 4. The molecule has 8 aromatic heterocycles. The average Bonchev–Trinajstić information content (AvgIpc) is 1.63. The van der Waals surface area contributed by atoms with Crippen LogP contribution in [0.25, 0.3) is 87.7 Å². The lowest BCUT2D eigenvalue weighted by Gasteiger charge is -2.15. The van der Waals surface area contributed by atoms with Gasteiger partial charge in [-0.25, -0.2) is 54.7 Å². The second-order valence-corrected chi connectivity index (χ2v) is 32.2. The number of imidazole rings is 4. The molecule has 0 aliphatic carbocycles. The number of fused-ring (bicyclic) bond motifs is 12. The summed E-state index contributed by atoms with van der Waals surface area (Å²) in [4.78, 5) is 96.4. The topological polar surface area (TPSA) is 425 Å². The van der Waals surface area contributed by atoms with Crippen molar-refractivity contribution in [2.75, 3.05) is 22.9 Å². The third-order valence-electron chi connectivity index (χ3n) is 22.9. The number of aromatic nitrogens is 12. The monoisotopic (exact) mass is 1750 g/mol. The van der Waals surface area contributed by atoms with Gasteiger partial charge in [0.1, 0.15) is 75.0 Å². The normalized spacial score (nSPS) is 11.9. The van der Waals surface area contributed by atoms with Gasteiger partial charge in [0.25, 0.3) is 17.7 Å². The number of hydrogen-bond acceptors (Lipinski definition) is 24. The van der Waals surface area contributed by atoms with Gasteiger partial charge in [-0.05, 0) is 152 Å². The number of nitrogens with one attached hydrogen (secondary N) is 1. The van der Waals surface area contributed by atoms with Crippen LogP contribution >= 0.6 is 12.2 Å². The number of isothiocyanates is 1. The summed E-state index contributed by atoms with van der Waals surface area (Å²) in [5, 5.41) is 51.1. The predicted octanol–water partition coefficient (Wildman–Crippen LogP) is 16.9. The maximum atomic E-state index is 11.8. The molecule has 0 saturated carbocycles. The molecule has 30 heteroatoms. The number of isocyanates is 1. The molecule has 8 aromatic carbocycles. The molecule has 0 unspecified atom stereocenters. The standard InChI is InChI=1S/C26H27N5O4.C25H25N5O2.C24H25N5O2.C24H25N5OS/c1-2-3-8-21-29-24-25(18-6-4-5-7-19(18)28-26(24)27)30(21)14-16-9-10-20(32)17(13-16)15-35-31-22(33)11-12-23(31)34;1-3-5-10-21-29-23-24(18-8-6-7-9-19(18)28-25(23)26)30(21)15-16-11-12-20(31)17(13-16)14-27-22(32)4-2;1-3-4-9-20-28-21-22(18-7-5-6-8-19(18)27-24(21)25)29(20)13-16-10-15(2)23(31)17(11-16)12-26-14-30;1-3-4-9-20-28-21-22(18-7-5-6-8-19(18)27-24(21)25)29(20)13-16-10-15(2)23(30)17(11-16)12-26-14-31/h4-7,9-10,13,32H,2-3,8,11-12,14-15H2,1H3,(H2,27,28);2,6-9,11-13,31H,3,5,10,14-15H2,1H3,(H2,26,28)(H,27,32);5-8,10-11,31H,3-4,9,12-13H2,1-2H3,(H2,25,27);5-8,10-11,30H,3-4,9,12-13H2,1-2H3,(H2,25,27). The molecule has 1 aliphatic heterocycles. The molecule has 1 aliphatic rings. The Balaban J connectivity index is 0.000000139. The molecule has 0 radical (unpaired) electrons. The van der Waals surface area contributed by atoms with Gasteiger partial charge in [-0.1, -0.05) is 150 Å². The molecule has 9 heterocycles. The van der Waals surface area contributed by atoms with Crippen LogP contribution in [0.4, 0.5) is 23.3 Å². The largest absolute Gasteiger partial charge is 0.508 e. The zero-order chi connectivity index (χ0) is 91.1. The summed E-state index contributed by atoms with van der Waals surface area (Å²) < 4.78 is 8.78. The van der Waals surface area contributed by atoms with E-state index in [2.05, 4.69) is 92.4 Å². The maximum Gasteiger partial charge on any atom is 0.295 e. The van der Waals surface area contributed by atoms with Crippen LogP contribution in [0.5, 0.6) is 23.0 Å². The van der Waals surface area contributed by atoms with Crippen molar-refractivity contribution in [2.45, 2.75) is 184 Å². The molecular weight excluding hydrogens is 1650 g/mol. The van der Waals surface area contributed by atoms with Crippen molar-refractivity contribution in [1.29, 1.82) is 0 Å². The molecule has 3 amide bonds. The Hall–Kier alpha value is -15.0. The number of imide groups is 1. The zero-order valence-corrected chi connectivity index (χ0v) is 73.7. The first kappa shape index (κ1) is 90.2. The van der Waals surface area contributed by atoms with Gasteiger partial charge in [0.15, 0.2) is 23.3 Å². The van der Waals surface area contributed by atoms with E-state index in [-0.39, 0.29) is 67.4 Å². The number of thiocarbonyl (C=S) groups is 1. The number of phenols is 4. The van der Waals surface area contributed by atoms with Crippen molar-refractivity contribution < 1.29 is 44.4 Å². The number of nitrogens with two attached hydrogens (primary N) is 4. The number of terminal acetylenes is 1. The second kappa shape index (κ2) is 41.0. The van der Waals surface area contributed by atoms with Crippen LogP contribution in [0, 0.1) is 26.2 Å². The zero-order valence-electron chi connectivity index (χ0n) is 72.9. The van der Waals surface area contributed by atoms with Crippen molar-refractivity contribution in [2.24, 2.45) is 9.98 Å². The van der Waals surface area contributed by atoms with Crippen LogP contribution in [0.15, 0.2) is 168 Å². The van der Waals surface area contributed by atoms with Gasteiger partial charge in [-0.2, -0.15) is 5.06 Å². The number of aromatic hydroxyl groups is 4. The summed E-state index contributed by atoms with van der Waals surface area (Å²) in [5.41, 5.74) is 43.0. The number of rotatable bonds is 29. The SMILES string of the molecule is C#CC(=O)NCc1cc(Cn2c(CCCC)nc3c(N)nc4ccccc4c32)ccc1O.CCCCc1nc2c(N)nc3ccccc3c2n1Cc1cc(C)c(O)c(CN=C=O)c1.CCCCc1nc2c(N)nc3ccccc3c2n1Cc1cc(C)c(O)c(CN=C=S)c1.CCCCc1nc2c(N)nc3ccccc3c2n1Cc1ccc(O)c(CON2C(=O)CCC2=O)c1. The minimum Gasteiger partial charge on any atom is -0.508 e. The summed E-state index contributed by atoms with van der Waals surface area (Å²) in [6.07, 6.45) is 18.5. The van der Waals surface area contributed by atoms with Crippen molar-refractivity contribution >= 4 is 152 Å². The van der Waals surface area contributed by atoms with Gasteiger partial charge in [0.2, 0.25) is 6.08 Å². The Bertz CT molecular complexity index is 6890. The highest BCUT2D eigenvalue weighted by Gasteiger charge is 2.31. The van der Waals surface area contributed by atoms with Gasteiger partial charge in [-0.15, -0.1) is 6.42 Å². The number of nitrogen functional groups attached to an aromatic ring is 4. The van der Waals surface area contributed by atoms with E-state index in [0.717, 1.165) is 216 Å². The first-order valence-electron chi connectivity index (χ1n) is 43.2. The molecule has 13 N–H and O–H groups in total. The average molecular weight is 1750 g/mol. The Morgan fingerprint density at radius 2 is 0.783 bits per heavy atom. The lowest BCUT2D eigenvalue weighted by Crippen LogP contribution is -2.29. The number of nitrogens with zero attached hydrogens (tertiary/aromatic N) is 15. The first-order chi connectivity index (χ1) is 62.5. The quantitative estimate of drug-likeness (QED) is 0.00691. The number of para-hydroxylation sites is 4. The summed E-state index contributed by atoms with van der Waals surface area (Å²) in [6, 6.07) is 50.1. The summed E-state index contributed by atoms with van der Waals surface area (Å²) in [7, 11) is 0. The molecule has 1 saturated heterocycles. The van der Waals surface area contributed by atoms with Gasteiger partial charge < -0.3 is 66.9 Å². The van der Waals surface area contributed by atoms with E-state index >= 15 is 0 Å². The smallest absolute Gasteiger partial charge is 0.295 e. The Kier molecular flexibility index (Phi) is 28.7. The van der Waals surface area contributed by atoms with Gasteiger partial charge in [-0.3, -0.25) is 19.2 Å². The highest BCUT2D eigenvalue weighted by Crippen LogP contribution is 2.38. The number of aryl methyl sites for hydroxylation is 6. The fourth-order valence-corrected chi connectivity index (χ4v) is 16.5. The lowest BCUT2D eigenvalue weighted by atomic mass is 10.0. The first-order valence-corrected chi connectivity index (χ1v) is 43.6. The van der Waals surface area contributed by atoms with Gasteiger partial charge in [0, 0.05) is 115 Å². The van der Waals surface area contributed by atoms with E-state index in [4.69, 9.17) is 66.3 Å². The number of hydroxylamine groups is 2. The van der Waals surface area contributed by atoms with Crippen molar-refractivity contribution in [3.05, 3.63) is 237 Å². The number of unbranched alkanes of at least 4 members (excludes halogenated alkanes) is 4. The molecule has 1 fully saturated rings. The molecule has 0 atom stereocenters. The molecule has 0 bridgehead atoms. The molecule has 0 spiro atoms. The Labute approximate surface area is 749 Å². The van der Waals surface area contributed by atoms with Crippen LogP contribution in [-0.2, 0) is 102 Å². The number of benzene rings is 8. The number of amides is 3. The fourth-order valence-electron chi connectivity index (χ4n) is 16.5.